The van der Waals surface area contributed by atoms with Crippen LogP contribution in [0.5, 0.6) is 11.5 Å². The molecule has 0 saturated carbocycles. The number of aliphatic hydroxyl groups excluding tert-OH is 1. The predicted octanol–water partition coefficient (Wildman–Crippen LogP) is 4.59. The Labute approximate surface area is 206 Å². The van der Waals surface area contributed by atoms with Gasteiger partial charge in [-0.3, -0.25) is 4.79 Å². The van der Waals surface area contributed by atoms with Crippen molar-refractivity contribution >= 4 is 39.9 Å². The van der Waals surface area contributed by atoms with Gasteiger partial charge in [0, 0.05) is 17.3 Å². The summed E-state index contributed by atoms with van der Waals surface area (Å²) in [6.07, 6.45) is 1.68. The first-order valence-electron chi connectivity index (χ1n) is 10.9. The Kier molecular flexibility index (Phi) is 7.33. The van der Waals surface area contributed by atoms with Gasteiger partial charge in [-0.2, -0.15) is 0 Å². The molecule has 35 heavy (non-hydrogen) atoms. The summed E-state index contributed by atoms with van der Waals surface area (Å²) in [5, 5.41) is 13.7. The molecule has 9 heteroatoms. The molecule has 4 aromatic rings. The van der Waals surface area contributed by atoms with Gasteiger partial charge in [-0.25, -0.2) is 9.98 Å². The molecule has 2 aromatic carbocycles. The van der Waals surface area contributed by atoms with Crippen LogP contribution in [0.1, 0.15) is 28.5 Å². The van der Waals surface area contributed by atoms with Crippen LogP contribution in [0.4, 0.5) is 11.4 Å². The minimum Gasteiger partial charge on any atom is -0.495 e. The summed E-state index contributed by atoms with van der Waals surface area (Å²) in [4.78, 5) is 21.1. The zero-order chi connectivity index (χ0) is 24.9. The van der Waals surface area contributed by atoms with Crippen molar-refractivity contribution in [1.29, 1.82) is 0 Å². The van der Waals surface area contributed by atoms with E-state index in [1.165, 1.54) is 7.11 Å². The number of methoxy groups -OCH3 is 1. The lowest BCUT2D eigenvalue weighted by atomic mass is 10.1. The lowest BCUT2D eigenvalue weighted by Crippen LogP contribution is -2.23. The number of aliphatic hydroxyl groups is 1. The molecule has 0 atom stereocenters. The highest BCUT2D eigenvalue weighted by atomic mass is 35.5. The largest absolute Gasteiger partial charge is 0.495 e. The smallest absolute Gasteiger partial charge is 0.261 e. The number of halogens is 1. The summed E-state index contributed by atoms with van der Waals surface area (Å²) in [5.41, 5.74) is 3.04. The van der Waals surface area contributed by atoms with Gasteiger partial charge in [-0.1, -0.05) is 11.6 Å². The Hall–Kier alpha value is -3.88. The number of carbonyl (C=O) groups excluding carboxylic acids is 1. The predicted molar refractivity (Wildman–Crippen MR) is 132 cm³/mol. The van der Waals surface area contributed by atoms with Crippen molar-refractivity contribution in [2.75, 3.05) is 19.0 Å². The molecule has 0 unspecified atom stereocenters. The molecule has 0 fully saturated rings. The first-order valence-corrected chi connectivity index (χ1v) is 11.3. The van der Waals surface area contributed by atoms with Gasteiger partial charge in [0.1, 0.15) is 17.1 Å². The minimum atomic E-state index is -0.477. The molecule has 8 nitrogen and oxygen atoms in total. The average Bonchev–Trinajstić information content (AvgIpc) is 2.86. The molecule has 0 radical (unpaired) electrons. The fourth-order valence-corrected chi connectivity index (χ4v) is 3.75. The highest BCUT2D eigenvalue weighted by Gasteiger charge is 2.19. The summed E-state index contributed by atoms with van der Waals surface area (Å²) in [6, 6.07) is 13.7. The van der Waals surface area contributed by atoms with Crippen molar-refractivity contribution in [2.24, 2.45) is 4.99 Å². The first kappa shape index (κ1) is 24.3. The normalized spacial score (nSPS) is 11.5. The van der Waals surface area contributed by atoms with Crippen molar-refractivity contribution in [2.45, 2.75) is 20.5 Å². The van der Waals surface area contributed by atoms with Crippen LogP contribution in [0.25, 0.3) is 11.0 Å². The Bertz CT molecular complexity index is 1450. The monoisotopic (exact) mass is 494 g/mol. The van der Waals surface area contributed by atoms with Crippen LogP contribution >= 0.6 is 11.6 Å². The molecule has 2 aromatic heterocycles. The van der Waals surface area contributed by atoms with Crippen LogP contribution in [0, 0.1) is 6.92 Å². The van der Waals surface area contributed by atoms with Gasteiger partial charge in [0.25, 0.3) is 5.91 Å². The number of aromatic nitrogens is 1. The molecule has 0 aliphatic rings. The number of hydrogen-bond donors (Lipinski definition) is 2. The molecule has 4 rings (SSSR count). The second-order valence-electron chi connectivity index (χ2n) is 7.64. The fraction of sp³-hybridized carbons (Fsp3) is 0.192. The quantitative estimate of drug-likeness (QED) is 0.390. The number of nitrogens with one attached hydrogen (secondary N) is 2. The van der Waals surface area contributed by atoms with E-state index in [1.54, 1.807) is 54.7 Å². The maximum atomic E-state index is 13.5. The zero-order valence-electron chi connectivity index (χ0n) is 19.5. The molecule has 3 N–H and O–H groups in total. The van der Waals surface area contributed by atoms with Crippen LogP contribution in [0.2, 0.25) is 5.02 Å². The molecule has 0 aliphatic heterocycles. The van der Waals surface area contributed by atoms with E-state index >= 15 is 0 Å². The third kappa shape index (κ3) is 5.29. The minimum absolute atomic E-state index is 0.103. The van der Waals surface area contributed by atoms with Gasteiger partial charge in [0.05, 0.1) is 37.3 Å². The van der Waals surface area contributed by atoms with Crippen LogP contribution in [-0.2, 0) is 6.61 Å². The number of benzene rings is 2. The van der Waals surface area contributed by atoms with E-state index in [1.807, 2.05) is 13.8 Å². The highest BCUT2D eigenvalue weighted by molar-refractivity contribution is 6.31. The summed E-state index contributed by atoms with van der Waals surface area (Å²) in [7, 11) is 1.50. The lowest BCUT2D eigenvalue weighted by molar-refractivity contribution is -0.386. The molecule has 0 saturated heterocycles. The molecule has 0 spiro atoms. The van der Waals surface area contributed by atoms with Crippen molar-refractivity contribution in [3.05, 3.63) is 82.1 Å². The van der Waals surface area contributed by atoms with Gasteiger partial charge >= 0.3 is 0 Å². The number of fused-ring (bicyclic) bond motifs is 1. The molecule has 180 valence electrons. The Balaban J connectivity index is 1.88. The number of aromatic amines is 1. The second kappa shape index (κ2) is 10.6. The van der Waals surface area contributed by atoms with Crippen molar-refractivity contribution in [3.8, 4) is 11.5 Å². The number of ether oxygens (including phenoxy) is 2. The van der Waals surface area contributed by atoms with E-state index in [2.05, 4.69) is 15.3 Å². The number of hydrogen-bond acceptors (Lipinski definition) is 6. The van der Waals surface area contributed by atoms with E-state index in [-0.39, 0.29) is 17.7 Å². The number of rotatable bonds is 7. The number of anilines is 1. The lowest BCUT2D eigenvalue weighted by Gasteiger charge is -2.11. The van der Waals surface area contributed by atoms with Gasteiger partial charge in [-0.05, 0) is 55.5 Å². The topological polar surface area (TPSA) is 107 Å². The number of H-pyrrole nitrogens is 1. The van der Waals surface area contributed by atoms with Gasteiger partial charge < -0.3 is 24.3 Å². The van der Waals surface area contributed by atoms with E-state index in [0.717, 1.165) is 5.69 Å². The van der Waals surface area contributed by atoms with Crippen LogP contribution < -0.4 is 25.3 Å². The summed E-state index contributed by atoms with van der Waals surface area (Å²) in [5.74, 6) is 0.688. The third-order valence-corrected chi connectivity index (χ3v) is 5.55. The maximum Gasteiger partial charge on any atom is 0.261 e. The van der Waals surface area contributed by atoms with Crippen LogP contribution in [-0.4, -0.2) is 24.7 Å². The van der Waals surface area contributed by atoms with Gasteiger partial charge in [0.15, 0.2) is 6.20 Å². The standard InChI is InChI=1S/C26H24ClN3O5/c1-4-34-19-8-6-18(7-9-19)29-26-21(12-20-16(14-31)13-28-15(2)24(20)35-26)25(32)30-22-11-17(27)5-10-23(22)33-3/h5-13,31H,4,14H2,1-3H3,(H,30,32)/p+1. The molecular formula is C26H25ClN3O5+. The van der Waals surface area contributed by atoms with Crippen LogP contribution in [0.3, 0.4) is 0 Å². The molecular weight excluding hydrogens is 470 g/mol. The number of carbonyl (C=O) groups is 1. The third-order valence-electron chi connectivity index (χ3n) is 5.31. The summed E-state index contributed by atoms with van der Waals surface area (Å²) >= 11 is 6.13. The van der Waals surface area contributed by atoms with E-state index in [4.69, 9.17) is 25.5 Å². The van der Waals surface area contributed by atoms with Crippen molar-refractivity contribution in [1.82, 2.24) is 0 Å². The number of aryl methyl sites for hydroxylation is 1. The Morgan fingerprint density at radius 1 is 1.20 bits per heavy atom. The molecule has 0 bridgehead atoms. The Morgan fingerprint density at radius 2 is 1.97 bits per heavy atom. The fourth-order valence-electron chi connectivity index (χ4n) is 3.58. The van der Waals surface area contributed by atoms with E-state index in [0.29, 0.717) is 51.0 Å². The van der Waals surface area contributed by atoms with Crippen molar-refractivity contribution in [3.63, 3.8) is 0 Å². The molecule has 2 heterocycles. The zero-order valence-corrected chi connectivity index (χ0v) is 20.3. The van der Waals surface area contributed by atoms with E-state index in [9.17, 15) is 9.90 Å². The summed E-state index contributed by atoms with van der Waals surface area (Å²) < 4.78 is 17.0. The Morgan fingerprint density at radius 3 is 2.66 bits per heavy atom. The van der Waals surface area contributed by atoms with Gasteiger partial charge in [0.2, 0.25) is 16.8 Å². The SMILES string of the molecule is CCOc1ccc(N=c2oc3c(C)[nH+]cc(CO)c3cc2C(=O)Nc2cc(Cl)ccc2OC)cc1. The van der Waals surface area contributed by atoms with Crippen LogP contribution in [0.15, 0.2) is 64.1 Å². The summed E-state index contributed by atoms with van der Waals surface area (Å²) in [6.45, 7) is 4.06. The maximum absolute atomic E-state index is 13.5. The number of nitrogens with zero attached hydrogens (tertiary/aromatic N) is 1. The van der Waals surface area contributed by atoms with Gasteiger partial charge in [-0.15, -0.1) is 0 Å². The van der Waals surface area contributed by atoms with Crippen molar-refractivity contribution < 1.29 is 28.8 Å². The number of amides is 1. The average molecular weight is 495 g/mol. The highest BCUT2D eigenvalue weighted by Crippen LogP contribution is 2.28. The molecule has 1 amide bonds. The second-order valence-corrected chi connectivity index (χ2v) is 8.08. The number of pyridine rings is 1. The first-order chi connectivity index (χ1) is 16.9. The molecule has 0 aliphatic carbocycles. The van der Waals surface area contributed by atoms with E-state index < -0.39 is 5.91 Å².